The third-order valence-corrected chi connectivity index (χ3v) is 7.91. The van der Waals surface area contributed by atoms with Crippen LogP contribution < -0.4 is 0 Å². The molecule has 0 bridgehead atoms. The molecule has 4 nitrogen and oxygen atoms in total. The maximum Gasteiger partial charge on any atom is 0.246 e. The average Bonchev–Trinajstić information content (AvgIpc) is 2.82. The van der Waals surface area contributed by atoms with Gasteiger partial charge in [-0.15, -0.1) is 0 Å². The maximum absolute atomic E-state index is 14.1. The highest BCUT2D eigenvalue weighted by atomic mass is 32.2. The molecule has 3 rings (SSSR count). The Bertz CT molecular complexity index is 648. The summed E-state index contributed by atoms with van der Waals surface area (Å²) >= 11 is 1.81. The molecule has 2 aliphatic heterocycles. The molecule has 2 aliphatic rings. The van der Waals surface area contributed by atoms with Gasteiger partial charge in [0.05, 0.1) is 0 Å². The van der Waals surface area contributed by atoms with Crippen LogP contribution in [0.4, 0.5) is 4.39 Å². The maximum atomic E-state index is 14.1. The van der Waals surface area contributed by atoms with E-state index >= 15 is 0 Å². The lowest BCUT2D eigenvalue weighted by atomic mass is 10.1. The van der Waals surface area contributed by atoms with E-state index in [1.165, 1.54) is 37.5 Å². The quantitative estimate of drug-likeness (QED) is 0.815. The van der Waals surface area contributed by atoms with Gasteiger partial charge in [-0.3, -0.25) is 0 Å². The standard InChI is InChI=1S/C17H25FN2O2S2/c18-16-7-2-3-8-17(16)24(21,22)20-11-6-12-23-14-15(20)13-19-9-4-1-5-10-19/h2-3,7-8,15H,1,4-6,9-14H2. The van der Waals surface area contributed by atoms with Crippen molar-refractivity contribution in [2.45, 2.75) is 36.6 Å². The van der Waals surface area contributed by atoms with Crippen molar-refractivity contribution in [1.82, 2.24) is 9.21 Å². The van der Waals surface area contributed by atoms with E-state index in [1.54, 1.807) is 22.1 Å². The van der Waals surface area contributed by atoms with Crippen molar-refractivity contribution >= 4 is 21.8 Å². The van der Waals surface area contributed by atoms with Crippen LogP contribution in [0.5, 0.6) is 0 Å². The molecule has 2 saturated heterocycles. The Morgan fingerprint density at radius 2 is 1.83 bits per heavy atom. The predicted octanol–water partition coefficient (Wildman–Crippen LogP) is 2.81. The molecule has 0 aliphatic carbocycles. The first kappa shape index (κ1) is 18.2. The van der Waals surface area contributed by atoms with Gasteiger partial charge < -0.3 is 4.90 Å². The number of sulfonamides is 1. The molecule has 1 unspecified atom stereocenters. The second-order valence-corrected chi connectivity index (χ2v) is 9.50. The van der Waals surface area contributed by atoms with Gasteiger partial charge in [0, 0.05) is 24.9 Å². The molecule has 2 heterocycles. The second-order valence-electron chi connectivity index (χ2n) is 6.49. The van der Waals surface area contributed by atoms with E-state index < -0.39 is 15.8 Å². The highest BCUT2D eigenvalue weighted by molar-refractivity contribution is 7.99. The fourth-order valence-electron chi connectivity index (χ4n) is 3.49. The van der Waals surface area contributed by atoms with Gasteiger partial charge in [-0.1, -0.05) is 18.6 Å². The number of nitrogens with zero attached hydrogens (tertiary/aromatic N) is 2. The second kappa shape index (κ2) is 8.17. The molecule has 134 valence electrons. The van der Waals surface area contributed by atoms with Crippen LogP contribution >= 0.6 is 11.8 Å². The lowest BCUT2D eigenvalue weighted by Crippen LogP contribution is -2.49. The zero-order valence-electron chi connectivity index (χ0n) is 13.9. The summed E-state index contributed by atoms with van der Waals surface area (Å²) in [6.45, 7) is 3.30. The van der Waals surface area contributed by atoms with Crippen LogP contribution in [0.25, 0.3) is 0 Å². The number of thioether (sulfide) groups is 1. The smallest absolute Gasteiger partial charge is 0.246 e. The molecule has 1 aromatic rings. The number of benzene rings is 1. The molecule has 0 N–H and O–H groups in total. The van der Waals surface area contributed by atoms with E-state index in [9.17, 15) is 12.8 Å². The Kier molecular flexibility index (Phi) is 6.18. The summed E-state index contributed by atoms with van der Waals surface area (Å²) in [5.41, 5.74) is 0. The van der Waals surface area contributed by atoms with Gasteiger partial charge in [-0.2, -0.15) is 16.1 Å². The van der Waals surface area contributed by atoms with E-state index in [0.717, 1.165) is 37.6 Å². The SMILES string of the molecule is O=S(=O)(c1ccccc1F)N1CCCSCC1CN1CCCCC1. The molecule has 0 spiro atoms. The fraction of sp³-hybridized carbons (Fsp3) is 0.647. The van der Waals surface area contributed by atoms with E-state index in [0.29, 0.717) is 6.54 Å². The summed E-state index contributed by atoms with van der Waals surface area (Å²) in [6.07, 6.45) is 4.43. The fourth-order valence-corrected chi connectivity index (χ4v) is 6.36. The van der Waals surface area contributed by atoms with Crippen LogP contribution in [0.15, 0.2) is 29.2 Å². The lowest BCUT2D eigenvalue weighted by Gasteiger charge is -2.35. The zero-order valence-corrected chi connectivity index (χ0v) is 15.5. The number of hydrogen-bond acceptors (Lipinski definition) is 4. The van der Waals surface area contributed by atoms with E-state index in [-0.39, 0.29) is 10.9 Å². The van der Waals surface area contributed by atoms with E-state index in [2.05, 4.69) is 4.90 Å². The lowest BCUT2D eigenvalue weighted by molar-refractivity contribution is 0.183. The molecule has 0 radical (unpaired) electrons. The Hall–Kier alpha value is -0.630. The molecule has 24 heavy (non-hydrogen) atoms. The van der Waals surface area contributed by atoms with Gasteiger partial charge >= 0.3 is 0 Å². The number of hydrogen-bond donors (Lipinski definition) is 0. The number of piperidine rings is 1. The van der Waals surface area contributed by atoms with Crippen molar-refractivity contribution in [1.29, 1.82) is 0 Å². The normalized spacial score (nSPS) is 24.6. The van der Waals surface area contributed by atoms with Crippen LogP contribution in [-0.2, 0) is 10.0 Å². The Morgan fingerprint density at radius 1 is 1.08 bits per heavy atom. The topological polar surface area (TPSA) is 40.6 Å². The number of likely N-dealkylation sites (tertiary alicyclic amines) is 1. The first-order chi connectivity index (χ1) is 11.6. The third-order valence-electron chi connectivity index (χ3n) is 4.73. The minimum absolute atomic E-state index is 0.0831. The van der Waals surface area contributed by atoms with Crippen LogP contribution in [0, 0.1) is 5.82 Å². The summed E-state index contributed by atoms with van der Waals surface area (Å²) in [7, 11) is -3.80. The molecule has 1 aromatic carbocycles. The molecular formula is C17H25FN2O2S2. The molecule has 7 heteroatoms. The number of halogens is 1. The van der Waals surface area contributed by atoms with Crippen molar-refractivity contribution in [2.24, 2.45) is 0 Å². The zero-order chi connectivity index (χ0) is 17.0. The minimum atomic E-state index is -3.80. The summed E-state index contributed by atoms with van der Waals surface area (Å²) in [5.74, 6) is 1.08. The molecule has 0 saturated carbocycles. The molecule has 0 amide bonds. The van der Waals surface area contributed by atoms with Gasteiger partial charge in [0.1, 0.15) is 10.7 Å². The van der Waals surface area contributed by atoms with Crippen molar-refractivity contribution in [3.63, 3.8) is 0 Å². The molecule has 0 aromatic heterocycles. The first-order valence-electron chi connectivity index (χ1n) is 8.65. The van der Waals surface area contributed by atoms with Crippen molar-refractivity contribution < 1.29 is 12.8 Å². The van der Waals surface area contributed by atoms with Crippen LogP contribution in [0.2, 0.25) is 0 Å². The number of rotatable bonds is 4. The minimum Gasteiger partial charge on any atom is -0.302 e. The summed E-state index contributed by atoms with van der Waals surface area (Å²) in [4.78, 5) is 2.17. The largest absolute Gasteiger partial charge is 0.302 e. The van der Waals surface area contributed by atoms with Gasteiger partial charge in [0.25, 0.3) is 0 Å². The summed E-state index contributed by atoms with van der Waals surface area (Å²) < 4.78 is 41.8. The van der Waals surface area contributed by atoms with Gasteiger partial charge in [-0.25, -0.2) is 12.8 Å². The van der Waals surface area contributed by atoms with Crippen molar-refractivity contribution in [3.8, 4) is 0 Å². The van der Waals surface area contributed by atoms with E-state index in [1.807, 2.05) is 0 Å². The van der Waals surface area contributed by atoms with Crippen LogP contribution in [0.3, 0.4) is 0 Å². The van der Waals surface area contributed by atoms with Crippen LogP contribution in [0.1, 0.15) is 25.7 Å². The molecule has 2 fully saturated rings. The van der Waals surface area contributed by atoms with E-state index in [4.69, 9.17) is 0 Å². The predicted molar refractivity (Wildman–Crippen MR) is 96.3 cm³/mol. The highest BCUT2D eigenvalue weighted by Crippen LogP contribution is 2.26. The average molecular weight is 373 g/mol. The third kappa shape index (κ3) is 4.12. The first-order valence-corrected chi connectivity index (χ1v) is 11.2. The monoisotopic (exact) mass is 372 g/mol. The van der Waals surface area contributed by atoms with Gasteiger partial charge in [-0.05, 0) is 50.2 Å². The Morgan fingerprint density at radius 3 is 2.58 bits per heavy atom. The summed E-state index contributed by atoms with van der Waals surface area (Å²) in [5, 5.41) is 0. The van der Waals surface area contributed by atoms with Crippen molar-refractivity contribution in [3.05, 3.63) is 30.1 Å². The van der Waals surface area contributed by atoms with Gasteiger partial charge in [0.15, 0.2) is 0 Å². The summed E-state index contributed by atoms with van der Waals surface area (Å²) in [6, 6.07) is 5.62. The molecular weight excluding hydrogens is 347 g/mol. The van der Waals surface area contributed by atoms with Gasteiger partial charge in [0.2, 0.25) is 10.0 Å². The highest BCUT2D eigenvalue weighted by Gasteiger charge is 2.35. The molecule has 1 atom stereocenters. The van der Waals surface area contributed by atoms with Crippen molar-refractivity contribution in [2.75, 3.05) is 37.7 Å². The Balaban J connectivity index is 1.84. The van der Waals surface area contributed by atoms with Crippen LogP contribution in [-0.4, -0.2) is 61.3 Å². The Labute approximate surface area is 148 Å².